The summed E-state index contributed by atoms with van der Waals surface area (Å²) in [6.45, 7) is 1.62. The van der Waals surface area contributed by atoms with Gasteiger partial charge in [0.25, 0.3) is 5.91 Å². The van der Waals surface area contributed by atoms with Gasteiger partial charge in [0, 0.05) is 31.1 Å². The van der Waals surface area contributed by atoms with Crippen molar-refractivity contribution in [3.63, 3.8) is 0 Å². The summed E-state index contributed by atoms with van der Waals surface area (Å²) in [6.07, 6.45) is 9.82. The number of hydrogen-bond donors (Lipinski definition) is 3. The molecule has 1 saturated carbocycles. The second kappa shape index (κ2) is 13.8. The van der Waals surface area contributed by atoms with E-state index in [9.17, 15) is 4.79 Å². The first kappa shape index (κ1) is 25.0. The predicted molar refractivity (Wildman–Crippen MR) is 135 cm³/mol. The molecule has 176 valence electrons. The summed E-state index contributed by atoms with van der Waals surface area (Å²) in [5.74, 6) is 0.574. The summed E-state index contributed by atoms with van der Waals surface area (Å²) in [4.78, 5) is 13.7. The summed E-state index contributed by atoms with van der Waals surface area (Å²) in [5.41, 5.74) is 6.33. The normalized spacial score (nSPS) is 16.7. The van der Waals surface area contributed by atoms with Crippen LogP contribution in [0.2, 0.25) is 0 Å². The number of nitrogens with two attached hydrogens (primary N) is 1. The summed E-state index contributed by atoms with van der Waals surface area (Å²) in [5, 5.41) is 5.55. The van der Waals surface area contributed by atoms with Crippen molar-refractivity contribution in [2.45, 2.75) is 74.8 Å². The first-order chi connectivity index (χ1) is 15.7. The van der Waals surface area contributed by atoms with E-state index in [1.807, 2.05) is 0 Å². The molecule has 1 aliphatic rings. The Kier molecular flexibility index (Phi) is 10.8. The monoisotopic (exact) mass is 457 g/mol. The summed E-state index contributed by atoms with van der Waals surface area (Å²) >= 11 is 1.68. The molecule has 0 aromatic heterocycles. The largest absolute Gasteiger partial charge is 0.370 e. The molecule has 0 heterocycles. The lowest BCUT2D eigenvalue weighted by atomic mass is 9.84. The maximum atomic E-state index is 12.5. The molecule has 0 spiro atoms. The van der Waals surface area contributed by atoms with Crippen molar-refractivity contribution in [2.24, 2.45) is 11.7 Å². The van der Waals surface area contributed by atoms with Gasteiger partial charge in [0.1, 0.15) is 0 Å². The molecule has 0 radical (unpaired) electrons. The number of rotatable bonds is 13. The van der Waals surface area contributed by atoms with E-state index in [1.165, 1.54) is 47.8 Å². The minimum atomic E-state index is -0.544. The van der Waals surface area contributed by atoms with Crippen LogP contribution in [0, 0.1) is 5.92 Å². The van der Waals surface area contributed by atoms with Crippen molar-refractivity contribution in [2.75, 3.05) is 20.2 Å². The number of ether oxygens (including phenoxy) is 1. The molecule has 1 aliphatic carbocycles. The van der Waals surface area contributed by atoms with Gasteiger partial charge in [-0.05, 0) is 60.0 Å². The predicted octanol–water partition coefficient (Wildman–Crippen LogP) is 5.04. The summed E-state index contributed by atoms with van der Waals surface area (Å²) < 4.78 is 8.88. The average Bonchev–Trinajstić information content (AvgIpc) is 2.81. The fraction of sp³-hybridized carbons (Fsp3) is 0.577. The summed E-state index contributed by atoms with van der Waals surface area (Å²) in [7, 11) is 1.59. The quantitative estimate of drug-likeness (QED) is 0.290. The van der Waals surface area contributed by atoms with Crippen LogP contribution in [0.5, 0.6) is 0 Å². The number of fused-ring (bicyclic) bond motifs is 1. The molecule has 5 nitrogen and oxygen atoms in total. The molecule has 1 fully saturated rings. The second-order valence-corrected chi connectivity index (χ2v) is 9.88. The number of hydrogen-bond acceptors (Lipinski definition) is 5. The highest BCUT2D eigenvalue weighted by molar-refractivity contribution is 7.97. The van der Waals surface area contributed by atoms with E-state index in [0.717, 1.165) is 32.2 Å². The standard InChI is InChI=1S/C26H39N3O2S/c1-31-25(24(27)18-20-10-4-2-5-11-20)26(30)28-16-8-3-9-17-29-32-23-15-14-21-12-6-7-13-22(21)19-23/h6-7,12-15,19-20,24-25,29H,2-5,8-11,16-18,27H2,1H3,(H,28,30). The molecular formula is C26H39N3O2S. The second-order valence-electron chi connectivity index (χ2n) is 8.92. The molecule has 0 bridgehead atoms. The number of methoxy groups -OCH3 is 1. The molecule has 1 amide bonds. The van der Waals surface area contributed by atoms with Crippen LogP contribution < -0.4 is 15.8 Å². The van der Waals surface area contributed by atoms with Gasteiger partial charge < -0.3 is 15.8 Å². The zero-order chi connectivity index (χ0) is 22.6. The molecule has 2 aromatic rings. The fourth-order valence-electron chi connectivity index (χ4n) is 4.58. The SMILES string of the molecule is COC(C(=O)NCCCCCNSc1ccc2ccccc2c1)C(N)CC1CCCCC1. The minimum absolute atomic E-state index is 0.0687. The zero-order valence-corrected chi connectivity index (χ0v) is 20.2. The topological polar surface area (TPSA) is 76.4 Å². The van der Waals surface area contributed by atoms with E-state index in [1.54, 1.807) is 19.1 Å². The van der Waals surface area contributed by atoms with E-state index < -0.39 is 6.10 Å². The van der Waals surface area contributed by atoms with Gasteiger partial charge in [-0.25, -0.2) is 0 Å². The lowest BCUT2D eigenvalue weighted by Gasteiger charge is -2.28. The minimum Gasteiger partial charge on any atom is -0.370 e. The maximum Gasteiger partial charge on any atom is 0.250 e. The third-order valence-corrected chi connectivity index (χ3v) is 7.24. The molecule has 32 heavy (non-hydrogen) atoms. The Morgan fingerprint density at radius 2 is 1.81 bits per heavy atom. The van der Waals surface area contributed by atoms with Crippen LogP contribution in [0.15, 0.2) is 47.4 Å². The Hall–Kier alpha value is -1.60. The molecule has 4 N–H and O–H groups in total. The molecule has 2 atom stereocenters. The van der Waals surface area contributed by atoms with Gasteiger partial charge in [-0.2, -0.15) is 0 Å². The molecular weight excluding hydrogens is 418 g/mol. The van der Waals surface area contributed by atoms with Gasteiger partial charge in [-0.15, -0.1) is 0 Å². The van der Waals surface area contributed by atoms with Gasteiger partial charge in [-0.1, -0.05) is 68.9 Å². The van der Waals surface area contributed by atoms with Gasteiger partial charge in [0.05, 0.1) is 0 Å². The van der Waals surface area contributed by atoms with Crippen molar-refractivity contribution < 1.29 is 9.53 Å². The van der Waals surface area contributed by atoms with Crippen molar-refractivity contribution in [3.05, 3.63) is 42.5 Å². The van der Waals surface area contributed by atoms with Gasteiger partial charge in [0.2, 0.25) is 0 Å². The van der Waals surface area contributed by atoms with Crippen molar-refractivity contribution in [1.29, 1.82) is 0 Å². The van der Waals surface area contributed by atoms with E-state index >= 15 is 0 Å². The van der Waals surface area contributed by atoms with E-state index in [2.05, 4.69) is 52.5 Å². The molecule has 0 saturated heterocycles. The van der Waals surface area contributed by atoms with E-state index in [-0.39, 0.29) is 11.9 Å². The number of benzene rings is 2. The van der Waals surface area contributed by atoms with Crippen LogP contribution in [0.4, 0.5) is 0 Å². The zero-order valence-electron chi connectivity index (χ0n) is 19.4. The smallest absolute Gasteiger partial charge is 0.250 e. The highest BCUT2D eigenvalue weighted by atomic mass is 32.2. The van der Waals surface area contributed by atoms with E-state index in [4.69, 9.17) is 10.5 Å². The lowest BCUT2D eigenvalue weighted by molar-refractivity contribution is -0.132. The summed E-state index contributed by atoms with van der Waals surface area (Å²) in [6, 6.07) is 14.7. The fourth-order valence-corrected chi connectivity index (χ4v) is 5.32. The first-order valence-electron chi connectivity index (χ1n) is 12.1. The van der Waals surface area contributed by atoms with Crippen LogP contribution in [0.1, 0.15) is 57.8 Å². The Morgan fingerprint density at radius 1 is 1.06 bits per heavy atom. The van der Waals surface area contributed by atoms with Crippen LogP contribution in [-0.4, -0.2) is 38.3 Å². The third-order valence-electron chi connectivity index (χ3n) is 6.40. The Bertz CT molecular complexity index is 826. The highest BCUT2D eigenvalue weighted by Crippen LogP contribution is 2.28. The first-order valence-corrected chi connectivity index (χ1v) is 12.9. The Morgan fingerprint density at radius 3 is 2.59 bits per heavy atom. The molecule has 6 heteroatoms. The molecule has 0 aliphatic heterocycles. The van der Waals surface area contributed by atoms with Crippen LogP contribution >= 0.6 is 11.9 Å². The molecule has 3 rings (SSSR count). The number of unbranched alkanes of at least 4 members (excludes halogenated alkanes) is 2. The van der Waals surface area contributed by atoms with Gasteiger partial charge in [0.15, 0.2) is 6.10 Å². The number of nitrogens with one attached hydrogen (secondary N) is 2. The van der Waals surface area contributed by atoms with Crippen LogP contribution in [-0.2, 0) is 9.53 Å². The number of carbonyl (C=O) groups excluding carboxylic acids is 1. The van der Waals surface area contributed by atoms with Gasteiger partial charge in [-0.3, -0.25) is 9.52 Å². The molecule has 2 aromatic carbocycles. The molecule has 2 unspecified atom stereocenters. The third kappa shape index (κ3) is 8.07. The average molecular weight is 458 g/mol. The maximum absolute atomic E-state index is 12.5. The Balaban J connectivity index is 1.25. The number of amides is 1. The van der Waals surface area contributed by atoms with Crippen LogP contribution in [0.3, 0.4) is 0 Å². The van der Waals surface area contributed by atoms with Crippen molar-refractivity contribution in [1.82, 2.24) is 10.0 Å². The highest BCUT2D eigenvalue weighted by Gasteiger charge is 2.28. The van der Waals surface area contributed by atoms with E-state index in [0.29, 0.717) is 12.5 Å². The van der Waals surface area contributed by atoms with Gasteiger partial charge >= 0.3 is 0 Å². The Labute approximate surface area is 197 Å². The van der Waals surface area contributed by atoms with Crippen molar-refractivity contribution >= 4 is 28.6 Å². The lowest BCUT2D eigenvalue weighted by Crippen LogP contribution is -2.48. The number of carbonyl (C=O) groups is 1. The van der Waals surface area contributed by atoms with Crippen molar-refractivity contribution in [3.8, 4) is 0 Å². The van der Waals surface area contributed by atoms with Crippen LogP contribution in [0.25, 0.3) is 10.8 Å².